The van der Waals surface area contributed by atoms with Gasteiger partial charge in [0.15, 0.2) is 0 Å². The van der Waals surface area contributed by atoms with E-state index in [0.717, 1.165) is 27.7 Å². The molecule has 0 saturated carbocycles. The largest absolute Gasteiger partial charge is 0.507 e. The highest BCUT2D eigenvalue weighted by atomic mass is 79.9. The van der Waals surface area contributed by atoms with Gasteiger partial charge in [-0.1, -0.05) is 46.6 Å². The summed E-state index contributed by atoms with van der Waals surface area (Å²) in [7, 11) is -1.70. The number of phenolic OH excluding ortho intramolecular Hbond substituents is 1. The number of ether oxygens (including phenoxy) is 1. The number of hydrogen-bond donors (Lipinski definition) is 3. The van der Waals surface area contributed by atoms with Crippen LogP contribution in [0.15, 0.2) is 82.5 Å². The number of imide groups is 1. The second kappa shape index (κ2) is 12.2. The molecule has 0 unspecified atom stereocenters. The van der Waals surface area contributed by atoms with Gasteiger partial charge < -0.3 is 19.9 Å². The molecule has 2 aromatic carbocycles. The number of anilines is 1. The molecule has 0 radical (unpaired) electrons. The molecule has 6 rings (SSSR count). The maximum Gasteiger partial charge on any atom is 0.488 e. The third-order valence-electron chi connectivity index (χ3n) is 8.85. The number of nitrogens with zero attached hydrogens (tertiary/aromatic N) is 2. The van der Waals surface area contributed by atoms with Crippen LogP contribution in [0.25, 0.3) is 11.6 Å². The van der Waals surface area contributed by atoms with Gasteiger partial charge in [0.1, 0.15) is 5.75 Å². The summed E-state index contributed by atoms with van der Waals surface area (Å²) in [6, 6.07) is 17.3. The van der Waals surface area contributed by atoms with E-state index in [1.165, 1.54) is 16.5 Å². The number of carbonyl (C=O) groups excluding carboxylic acids is 2. The number of benzene rings is 2. The predicted octanol–water partition coefficient (Wildman–Crippen LogP) is 4.48. The predicted molar refractivity (Wildman–Crippen MR) is 168 cm³/mol. The van der Waals surface area contributed by atoms with E-state index in [-0.39, 0.29) is 35.0 Å². The Balaban J connectivity index is 1.27. The molecular formula is C33H32BBrN2O6. The number of halogens is 1. The molecule has 43 heavy (non-hydrogen) atoms. The van der Waals surface area contributed by atoms with Crippen molar-refractivity contribution in [1.29, 1.82) is 0 Å². The zero-order chi connectivity index (χ0) is 30.2. The lowest BCUT2D eigenvalue weighted by molar-refractivity contribution is -0.122. The minimum absolute atomic E-state index is 0.177. The first-order valence-corrected chi connectivity index (χ1v) is 15.3. The summed E-state index contributed by atoms with van der Waals surface area (Å²) in [5.74, 6) is -1.51. The molecule has 1 aromatic heterocycles. The first-order valence-electron chi connectivity index (χ1n) is 14.5. The van der Waals surface area contributed by atoms with Gasteiger partial charge in [-0.2, -0.15) is 0 Å². The molecule has 3 aromatic rings. The van der Waals surface area contributed by atoms with Crippen molar-refractivity contribution < 1.29 is 29.5 Å². The van der Waals surface area contributed by atoms with Gasteiger partial charge in [0.25, 0.3) is 0 Å². The molecule has 2 fully saturated rings. The van der Waals surface area contributed by atoms with Crippen LogP contribution >= 0.6 is 15.9 Å². The van der Waals surface area contributed by atoms with E-state index in [9.17, 15) is 24.7 Å². The number of carbonyl (C=O) groups is 2. The lowest BCUT2D eigenvalue weighted by atomic mass is 9.69. The smallest absolute Gasteiger partial charge is 0.488 e. The Morgan fingerprint density at radius 2 is 1.93 bits per heavy atom. The van der Waals surface area contributed by atoms with Gasteiger partial charge in [0.2, 0.25) is 11.8 Å². The van der Waals surface area contributed by atoms with Gasteiger partial charge in [-0.25, -0.2) is 0 Å². The fraction of sp³-hybridized carbons (Fsp3) is 0.303. The van der Waals surface area contributed by atoms with Crippen LogP contribution in [-0.2, 0) is 14.3 Å². The van der Waals surface area contributed by atoms with Gasteiger partial charge in [-0.15, -0.1) is 0 Å². The molecule has 1 aliphatic carbocycles. The average Bonchev–Trinajstić information content (AvgIpc) is 3.54. The Kier molecular flexibility index (Phi) is 8.37. The topological polar surface area (TPSA) is 120 Å². The normalized spacial score (nSPS) is 23.5. The monoisotopic (exact) mass is 642 g/mol. The number of allylic oxidation sites excluding steroid dienone is 2. The molecule has 3 N–H and O–H groups in total. The van der Waals surface area contributed by atoms with Crippen molar-refractivity contribution in [2.45, 2.75) is 38.7 Å². The molecule has 10 heteroatoms. The number of phenols is 1. The summed E-state index contributed by atoms with van der Waals surface area (Å²) in [4.78, 5) is 33.3. The lowest BCUT2D eigenvalue weighted by Crippen LogP contribution is -2.35. The SMILES string of the molecule is CCC1=C2[C@@H](CC/C(=C/c3cc(Br)ccc3O)c3ccccn3)OC[C@@H]2[C@@H]2C(=O)N(c3cccc(B(O)O)c3)C(=O)[C@@H]2C1. The Labute approximate surface area is 259 Å². The van der Waals surface area contributed by atoms with Crippen molar-refractivity contribution in [2.24, 2.45) is 17.8 Å². The van der Waals surface area contributed by atoms with E-state index in [1.54, 1.807) is 36.5 Å². The molecule has 4 atom stereocenters. The number of aromatic nitrogens is 1. The molecule has 8 nitrogen and oxygen atoms in total. The molecule has 2 saturated heterocycles. The molecule has 0 bridgehead atoms. The van der Waals surface area contributed by atoms with Gasteiger partial charge in [0.05, 0.1) is 35.9 Å². The minimum Gasteiger partial charge on any atom is -0.507 e. The van der Waals surface area contributed by atoms with E-state index in [0.29, 0.717) is 37.1 Å². The fourth-order valence-electron chi connectivity index (χ4n) is 6.83. The van der Waals surface area contributed by atoms with Crippen LogP contribution in [-0.4, -0.2) is 51.8 Å². The number of fused-ring (bicyclic) bond motifs is 3. The van der Waals surface area contributed by atoms with Crippen LogP contribution in [0.1, 0.15) is 43.9 Å². The standard InChI is InChI=1S/C33H32BBrN2O6/c1-2-19-16-25-31(33(40)37(32(25)39)24-7-5-6-22(17-24)34(41)42)26-18-43-29(30(19)26)12-9-20(27-8-3-4-13-36-27)14-21-15-23(35)10-11-28(21)38/h3-8,10-11,13-15,17,25-26,29,31,38,41-42H,2,9,12,16,18H2,1H3/b20-14-/t25-,26+,29-,31-/m1/s1. The summed E-state index contributed by atoms with van der Waals surface area (Å²) in [5.41, 5.74) is 5.33. The summed E-state index contributed by atoms with van der Waals surface area (Å²) in [6.07, 6.45) is 6.05. The lowest BCUT2D eigenvalue weighted by Gasteiger charge is -2.31. The Hall–Kier alpha value is -3.57. The number of hydrogen-bond acceptors (Lipinski definition) is 7. The number of amides is 2. The quantitative estimate of drug-likeness (QED) is 0.188. The third kappa shape index (κ3) is 5.60. The van der Waals surface area contributed by atoms with Crippen LogP contribution in [0, 0.1) is 17.8 Å². The third-order valence-corrected chi connectivity index (χ3v) is 9.34. The van der Waals surface area contributed by atoms with Crippen LogP contribution in [0.2, 0.25) is 0 Å². The fourth-order valence-corrected chi connectivity index (χ4v) is 7.21. The zero-order valence-corrected chi connectivity index (χ0v) is 25.3. The van der Waals surface area contributed by atoms with Crippen LogP contribution in [0.5, 0.6) is 5.75 Å². The van der Waals surface area contributed by atoms with E-state index in [4.69, 9.17) is 4.74 Å². The van der Waals surface area contributed by atoms with Crippen molar-refractivity contribution in [3.63, 3.8) is 0 Å². The maximum absolute atomic E-state index is 13.8. The molecule has 3 heterocycles. The summed E-state index contributed by atoms with van der Waals surface area (Å²) in [6.45, 7) is 2.44. The van der Waals surface area contributed by atoms with E-state index in [2.05, 4.69) is 27.8 Å². The number of pyridine rings is 1. The van der Waals surface area contributed by atoms with Gasteiger partial charge in [-0.3, -0.25) is 19.5 Å². The minimum atomic E-state index is -1.70. The van der Waals surface area contributed by atoms with Crippen molar-refractivity contribution in [3.8, 4) is 5.75 Å². The van der Waals surface area contributed by atoms with Crippen LogP contribution in [0.3, 0.4) is 0 Å². The Morgan fingerprint density at radius 1 is 1.09 bits per heavy atom. The highest BCUT2D eigenvalue weighted by Gasteiger charge is 2.57. The summed E-state index contributed by atoms with van der Waals surface area (Å²) >= 11 is 3.49. The second-order valence-electron chi connectivity index (χ2n) is 11.3. The van der Waals surface area contributed by atoms with Gasteiger partial charge >= 0.3 is 7.12 Å². The maximum atomic E-state index is 13.8. The van der Waals surface area contributed by atoms with Crippen LogP contribution in [0.4, 0.5) is 5.69 Å². The molecule has 2 aliphatic heterocycles. The zero-order valence-electron chi connectivity index (χ0n) is 23.7. The van der Waals surface area contributed by atoms with E-state index in [1.807, 2.05) is 30.3 Å². The van der Waals surface area contributed by atoms with Gasteiger partial charge in [-0.05, 0) is 90.8 Å². The molecule has 3 aliphatic rings. The Bertz CT molecular complexity index is 1620. The molecule has 2 amide bonds. The van der Waals surface area contributed by atoms with Gasteiger partial charge in [0, 0.05) is 22.2 Å². The molecule has 0 spiro atoms. The van der Waals surface area contributed by atoms with Crippen molar-refractivity contribution in [1.82, 2.24) is 4.98 Å². The highest BCUT2D eigenvalue weighted by molar-refractivity contribution is 9.10. The van der Waals surface area contributed by atoms with Crippen molar-refractivity contribution in [2.75, 3.05) is 11.5 Å². The summed E-state index contributed by atoms with van der Waals surface area (Å²) < 4.78 is 7.24. The highest BCUT2D eigenvalue weighted by Crippen LogP contribution is 2.51. The summed E-state index contributed by atoms with van der Waals surface area (Å²) in [5, 5.41) is 29.8. The molecule has 220 valence electrons. The number of rotatable bonds is 8. The second-order valence-corrected chi connectivity index (χ2v) is 12.2. The Morgan fingerprint density at radius 3 is 2.67 bits per heavy atom. The number of aromatic hydroxyl groups is 1. The van der Waals surface area contributed by atoms with E-state index >= 15 is 0 Å². The molecular weight excluding hydrogens is 611 g/mol. The van der Waals surface area contributed by atoms with Crippen molar-refractivity contribution >= 4 is 57.7 Å². The average molecular weight is 643 g/mol. The first-order chi connectivity index (χ1) is 20.8. The first kappa shape index (κ1) is 29.5. The van der Waals surface area contributed by atoms with Crippen molar-refractivity contribution in [3.05, 3.63) is 93.7 Å². The van der Waals surface area contributed by atoms with E-state index < -0.39 is 19.0 Å². The van der Waals surface area contributed by atoms with Crippen LogP contribution < -0.4 is 10.4 Å².